The minimum Gasteiger partial charge on any atom is -0.383 e. The Morgan fingerprint density at radius 2 is 2.17 bits per heavy atom. The van der Waals surface area contributed by atoms with Crippen molar-refractivity contribution in [3.05, 3.63) is 40.8 Å². The third kappa shape index (κ3) is 2.39. The molecule has 0 spiro atoms. The van der Waals surface area contributed by atoms with Crippen LogP contribution in [0.1, 0.15) is 23.2 Å². The van der Waals surface area contributed by atoms with Crippen molar-refractivity contribution in [3.63, 3.8) is 0 Å². The molecule has 1 aromatic carbocycles. The fraction of sp³-hybridized carbons (Fsp3) is 0.125. The molecule has 0 saturated heterocycles. The van der Waals surface area contributed by atoms with E-state index in [4.69, 9.17) is 5.73 Å². The predicted octanol–water partition coefficient (Wildman–Crippen LogP) is 2.51. The molecule has 3 N–H and O–H groups in total. The third-order valence-electron chi connectivity index (χ3n) is 3.45. The van der Waals surface area contributed by atoms with Crippen molar-refractivity contribution in [2.75, 3.05) is 5.73 Å². The maximum Gasteiger partial charge on any atom is 0.187 e. The minimum absolute atomic E-state index is 0.371. The number of H-pyrrole nitrogens is 1. The summed E-state index contributed by atoms with van der Waals surface area (Å²) in [5.41, 5.74) is 8.88. The van der Waals surface area contributed by atoms with E-state index in [1.165, 1.54) is 11.0 Å². The SMILES string of the molecule is CCc1nc2cc(C#Cc3[nH]nc4ncnc(N)c34)ccc2s1. The quantitative estimate of drug-likeness (QED) is 0.526. The van der Waals surface area contributed by atoms with E-state index in [0.717, 1.165) is 22.5 Å². The number of hydrogen-bond donors (Lipinski definition) is 2. The number of fused-ring (bicyclic) bond motifs is 2. The number of nitrogens with one attached hydrogen (secondary N) is 1. The van der Waals surface area contributed by atoms with Gasteiger partial charge in [0.15, 0.2) is 5.65 Å². The smallest absolute Gasteiger partial charge is 0.187 e. The molecule has 7 heteroatoms. The topological polar surface area (TPSA) is 93.4 Å². The highest BCUT2D eigenvalue weighted by Gasteiger charge is 2.08. The molecule has 3 aromatic heterocycles. The van der Waals surface area contributed by atoms with Gasteiger partial charge in [0.1, 0.15) is 17.8 Å². The van der Waals surface area contributed by atoms with Crippen LogP contribution in [0.15, 0.2) is 24.5 Å². The van der Waals surface area contributed by atoms with Crippen LogP contribution in [0.3, 0.4) is 0 Å². The van der Waals surface area contributed by atoms with E-state index in [9.17, 15) is 0 Å². The molecule has 0 fully saturated rings. The first-order chi connectivity index (χ1) is 11.2. The van der Waals surface area contributed by atoms with Gasteiger partial charge in [0.2, 0.25) is 0 Å². The molecule has 4 aromatic rings. The van der Waals surface area contributed by atoms with Gasteiger partial charge in [0.05, 0.1) is 20.6 Å². The largest absolute Gasteiger partial charge is 0.383 e. The van der Waals surface area contributed by atoms with Gasteiger partial charge >= 0.3 is 0 Å². The fourth-order valence-electron chi connectivity index (χ4n) is 2.31. The van der Waals surface area contributed by atoms with Gasteiger partial charge in [-0.15, -0.1) is 11.3 Å². The maximum absolute atomic E-state index is 5.88. The van der Waals surface area contributed by atoms with Gasteiger partial charge in [-0.25, -0.2) is 15.0 Å². The lowest BCUT2D eigenvalue weighted by Gasteiger charge is -1.93. The fourth-order valence-corrected chi connectivity index (χ4v) is 3.20. The second kappa shape index (κ2) is 5.34. The van der Waals surface area contributed by atoms with Crippen LogP contribution in [-0.2, 0) is 6.42 Å². The molecular weight excluding hydrogens is 308 g/mol. The van der Waals surface area contributed by atoms with Crippen LogP contribution in [0.2, 0.25) is 0 Å². The lowest BCUT2D eigenvalue weighted by molar-refractivity contribution is 1.08. The zero-order valence-electron chi connectivity index (χ0n) is 12.3. The van der Waals surface area contributed by atoms with Crippen molar-refractivity contribution in [2.24, 2.45) is 0 Å². The summed E-state index contributed by atoms with van der Waals surface area (Å²) in [5, 5.41) is 8.73. The van der Waals surface area contributed by atoms with Crippen LogP contribution >= 0.6 is 11.3 Å². The molecule has 3 heterocycles. The van der Waals surface area contributed by atoms with Gasteiger partial charge in [-0.3, -0.25) is 5.10 Å². The van der Waals surface area contributed by atoms with Crippen LogP contribution in [0, 0.1) is 11.8 Å². The van der Waals surface area contributed by atoms with E-state index in [0.29, 0.717) is 22.5 Å². The second-order valence-electron chi connectivity index (χ2n) is 4.95. The first-order valence-electron chi connectivity index (χ1n) is 7.10. The molecule has 0 saturated carbocycles. The highest BCUT2D eigenvalue weighted by Crippen LogP contribution is 2.23. The van der Waals surface area contributed by atoms with E-state index < -0.39 is 0 Å². The first kappa shape index (κ1) is 13.7. The molecule has 23 heavy (non-hydrogen) atoms. The summed E-state index contributed by atoms with van der Waals surface area (Å²) in [4.78, 5) is 12.6. The molecule has 0 radical (unpaired) electrons. The van der Waals surface area contributed by atoms with Crippen molar-refractivity contribution < 1.29 is 0 Å². The molecule has 0 amide bonds. The van der Waals surface area contributed by atoms with Gasteiger partial charge < -0.3 is 5.73 Å². The summed E-state index contributed by atoms with van der Waals surface area (Å²) in [6.07, 6.45) is 2.33. The minimum atomic E-state index is 0.371. The summed E-state index contributed by atoms with van der Waals surface area (Å²) >= 11 is 1.72. The van der Waals surface area contributed by atoms with Crippen molar-refractivity contribution in [1.82, 2.24) is 25.1 Å². The van der Waals surface area contributed by atoms with Gasteiger partial charge in [0.25, 0.3) is 0 Å². The number of benzene rings is 1. The normalized spacial score (nSPS) is 10.8. The Kier molecular flexibility index (Phi) is 3.17. The number of aromatic nitrogens is 5. The van der Waals surface area contributed by atoms with Crippen LogP contribution in [0.4, 0.5) is 5.82 Å². The molecule has 0 aliphatic carbocycles. The second-order valence-corrected chi connectivity index (χ2v) is 6.06. The van der Waals surface area contributed by atoms with Crippen molar-refractivity contribution >= 4 is 38.4 Å². The van der Waals surface area contributed by atoms with E-state index in [-0.39, 0.29) is 0 Å². The summed E-state index contributed by atoms with van der Waals surface area (Å²) in [6, 6.07) is 6.04. The zero-order chi connectivity index (χ0) is 15.8. The van der Waals surface area contributed by atoms with Crippen LogP contribution in [0.5, 0.6) is 0 Å². The summed E-state index contributed by atoms with van der Waals surface area (Å²) in [7, 11) is 0. The highest BCUT2D eigenvalue weighted by molar-refractivity contribution is 7.18. The number of thiazole rings is 1. The van der Waals surface area contributed by atoms with E-state index >= 15 is 0 Å². The molecule has 0 aliphatic heterocycles. The molecule has 112 valence electrons. The van der Waals surface area contributed by atoms with Gasteiger partial charge in [-0.2, -0.15) is 5.10 Å². The number of aromatic amines is 1. The average Bonchev–Trinajstić information content (AvgIpc) is 3.16. The Balaban J connectivity index is 1.76. The number of nitrogens with zero attached hydrogens (tertiary/aromatic N) is 4. The average molecular weight is 320 g/mol. The maximum atomic E-state index is 5.88. The molecule has 0 bridgehead atoms. The summed E-state index contributed by atoms with van der Waals surface area (Å²) in [6.45, 7) is 2.11. The van der Waals surface area contributed by atoms with Crippen LogP contribution in [-0.4, -0.2) is 25.1 Å². The molecule has 0 atom stereocenters. The number of nitrogen functional groups attached to an aromatic ring is 1. The van der Waals surface area contributed by atoms with Crippen molar-refractivity contribution in [3.8, 4) is 11.8 Å². The number of rotatable bonds is 1. The van der Waals surface area contributed by atoms with Gasteiger partial charge in [-0.05, 0) is 30.5 Å². The molecular formula is C16H12N6S. The molecule has 0 aliphatic rings. The number of aryl methyl sites for hydroxylation is 1. The summed E-state index contributed by atoms with van der Waals surface area (Å²) < 4.78 is 1.18. The Morgan fingerprint density at radius 3 is 3.04 bits per heavy atom. The van der Waals surface area contributed by atoms with E-state index in [1.807, 2.05) is 12.1 Å². The van der Waals surface area contributed by atoms with Crippen LogP contribution in [0.25, 0.3) is 21.3 Å². The summed E-state index contributed by atoms with van der Waals surface area (Å²) in [5.74, 6) is 6.55. The number of anilines is 1. The molecule has 6 nitrogen and oxygen atoms in total. The monoisotopic (exact) mass is 320 g/mol. The van der Waals surface area contributed by atoms with Crippen LogP contribution < -0.4 is 5.73 Å². The predicted molar refractivity (Wildman–Crippen MR) is 91.1 cm³/mol. The molecule has 0 unspecified atom stereocenters. The lowest BCUT2D eigenvalue weighted by Crippen LogP contribution is -1.92. The zero-order valence-corrected chi connectivity index (χ0v) is 13.1. The number of nitrogens with two attached hydrogens (primary N) is 1. The number of hydrogen-bond acceptors (Lipinski definition) is 6. The van der Waals surface area contributed by atoms with E-state index in [2.05, 4.69) is 50.0 Å². The highest BCUT2D eigenvalue weighted by atomic mass is 32.1. The van der Waals surface area contributed by atoms with Crippen molar-refractivity contribution in [1.29, 1.82) is 0 Å². The Bertz CT molecular complexity index is 1080. The standard InChI is InChI=1S/C16H12N6S/c1-2-13-20-11-7-9(4-6-12(11)23-13)3-5-10-14-15(17)18-8-19-16(14)22-21-10/h4,6-8H,2H2,1H3,(H3,17,18,19,21,22). The lowest BCUT2D eigenvalue weighted by atomic mass is 10.2. The first-order valence-corrected chi connectivity index (χ1v) is 7.92. The van der Waals surface area contributed by atoms with Gasteiger partial charge in [0, 0.05) is 5.56 Å². The van der Waals surface area contributed by atoms with E-state index in [1.54, 1.807) is 11.3 Å². The Morgan fingerprint density at radius 1 is 1.26 bits per heavy atom. The Labute approximate surface area is 135 Å². The van der Waals surface area contributed by atoms with Crippen molar-refractivity contribution in [2.45, 2.75) is 13.3 Å². The van der Waals surface area contributed by atoms with Gasteiger partial charge in [-0.1, -0.05) is 12.8 Å². The Hall–Kier alpha value is -2.98. The molecule has 4 rings (SSSR count). The third-order valence-corrected chi connectivity index (χ3v) is 4.63.